The average molecular weight is 370 g/mol. The summed E-state index contributed by atoms with van der Waals surface area (Å²) in [6, 6.07) is 7.64. The van der Waals surface area contributed by atoms with Crippen molar-refractivity contribution < 1.29 is 4.79 Å². The molecule has 1 heterocycles. The SMILES string of the molecule is C[C@H](NC(=O)c1nc2ccccc2nc1Cl)C12CC3CC(CC(C3)C1)C2. The summed E-state index contributed by atoms with van der Waals surface area (Å²) in [5, 5.41) is 3.41. The van der Waals surface area contributed by atoms with Crippen LogP contribution in [0.2, 0.25) is 5.15 Å². The molecule has 4 aliphatic rings. The van der Waals surface area contributed by atoms with Crippen LogP contribution in [-0.4, -0.2) is 21.9 Å². The van der Waals surface area contributed by atoms with Crippen LogP contribution >= 0.6 is 11.6 Å². The Labute approximate surface area is 158 Å². The maximum Gasteiger partial charge on any atom is 0.273 e. The molecule has 4 bridgehead atoms. The molecule has 6 rings (SSSR count). The first kappa shape index (κ1) is 16.5. The number of hydrogen-bond donors (Lipinski definition) is 1. The third kappa shape index (κ3) is 2.61. The van der Waals surface area contributed by atoms with Gasteiger partial charge in [0.1, 0.15) is 0 Å². The summed E-state index contributed by atoms with van der Waals surface area (Å²) >= 11 is 6.27. The zero-order chi connectivity index (χ0) is 17.9. The topological polar surface area (TPSA) is 54.9 Å². The largest absolute Gasteiger partial charge is 0.348 e. The Morgan fingerprint density at radius 2 is 1.62 bits per heavy atom. The van der Waals surface area contributed by atoms with E-state index in [2.05, 4.69) is 22.2 Å². The fraction of sp³-hybridized carbons (Fsp3) is 0.571. The molecule has 5 heteroatoms. The number of benzene rings is 1. The van der Waals surface area contributed by atoms with Gasteiger partial charge in [-0.25, -0.2) is 9.97 Å². The molecule has 0 unspecified atom stereocenters. The first-order chi connectivity index (χ1) is 12.5. The van der Waals surface area contributed by atoms with Gasteiger partial charge in [-0.05, 0) is 80.8 Å². The number of rotatable bonds is 3. The number of nitrogens with one attached hydrogen (secondary N) is 1. The van der Waals surface area contributed by atoms with Crippen molar-refractivity contribution in [1.29, 1.82) is 0 Å². The van der Waals surface area contributed by atoms with Gasteiger partial charge in [0.15, 0.2) is 10.8 Å². The second-order valence-electron chi connectivity index (χ2n) is 8.83. The fourth-order valence-electron chi connectivity index (χ4n) is 6.25. The predicted molar refractivity (Wildman–Crippen MR) is 102 cm³/mol. The van der Waals surface area contributed by atoms with Gasteiger partial charge < -0.3 is 5.32 Å². The lowest BCUT2D eigenvalue weighted by molar-refractivity contribution is -0.0688. The van der Waals surface area contributed by atoms with Crippen molar-refractivity contribution in [3.05, 3.63) is 35.1 Å². The summed E-state index contributed by atoms with van der Waals surface area (Å²) in [7, 11) is 0. The molecule has 4 aliphatic carbocycles. The van der Waals surface area contributed by atoms with Crippen LogP contribution in [0.5, 0.6) is 0 Å². The standard InChI is InChI=1S/C21H24ClN3O/c1-12(21-9-13-6-14(10-21)8-15(7-13)11-21)23-20(26)18-19(22)25-17-5-3-2-4-16(17)24-18/h2-5,12-15H,6-11H2,1H3,(H,23,26)/t12-,13?,14?,15?,21?/m0/s1. The molecule has 0 aliphatic heterocycles. The van der Waals surface area contributed by atoms with E-state index in [1.807, 2.05) is 24.3 Å². The van der Waals surface area contributed by atoms with Crippen molar-refractivity contribution >= 4 is 28.5 Å². The second-order valence-corrected chi connectivity index (χ2v) is 9.18. The minimum absolute atomic E-state index is 0.146. The summed E-state index contributed by atoms with van der Waals surface area (Å²) in [6.07, 6.45) is 8.00. The van der Waals surface area contributed by atoms with E-state index in [4.69, 9.17) is 11.6 Å². The number of hydrogen-bond acceptors (Lipinski definition) is 3. The third-order valence-corrected chi connectivity index (χ3v) is 7.36. The highest BCUT2D eigenvalue weighted by Gasteiger charge is 2.53. The highest BCUT2D eigenvalue weighted by molar-refractivity contribution is 6.32. The summed E-state index contributed by atoms with van der Waals surface area (Å²) in [5.74, 6) is 2.40. The first-order valence-corrected chi connectivity index (χ1v) is 10.1. The van der Waals surface area contributed by atoms with Gasteiger partial charge in [0.25, 0.3) is 5.91 Å². The highest BCUT2D eigenvalue weighted by atomic mass is 35.5. The molecule has 1 aromatic carbocycles. The monoisotopic (exact) mass is 369 g/mol. The lowest BCUT2D eigenvalue weighted by Crippen LogP contribution is -2.55. The number of carbonyl (C=O) groups excluding carboxylic acids is 1. The van der Waals surface area contributed by atoms with Gasteiger partial charge in [0.2, 0.25) is 0 Å². The van der Waals surface area contributed by atoms with E-state index >= 15 is 0 Å². The summed E-state index contributed by atoms with van der Waals surface area (Å²) in [5.41, 5.74) is 1.91. The molecule has 1 amide bonds. The Morgan fingerprint density at radius 3 is 2.19 bits per heavy atom. The Kier molecular flexibility index (Phi) is 3.75. The maximum absolute atomic E-state index is 12.9. The van der Waals surface area contributed by atoms with Crippen molar-refractivity contribution in [2.24, 2.45) is 23.2 Å². The zero-order valence-corrected chi connectivity index (χ0v) is 15.8. The Bertz CT molecular complexity index is 845. The first-order valence-electron chi connectivity index (χ1n) is 9.75. The minimum atomic E-state index is -0.198. The van der Waals surface area contributed by atoms with E-state index in [9.17, 15) is 4.79 Å². The lowest BCUT2D eigenvalue weighted by Gasteiger charge is -2.59. The van der Waals surface area contributed by atoms with Gasteiger partial charge in [-0.15, -0.1) is 0 Å². The molecule has 1 N–H and O–H groups in total. The minimum Gasteiger partial charge on any atom is -0.348 e. The molecule has 1 aromatic heterocycles. The van der Waals surface area contributed by atoms with Gasteiger partial charge in [0, 0.05) is 6.04 Å². The van der Waals surface area contributed by atoms with Crippen LogP contribution in [-0.2, 0) is 0 Å². The molecule has 26 heavy (non-hydrogen) atoms. The smallest absolute Gasteiger partial charge is 0.273 e. The van der Waals surface area contributed by atoms with Crippen LogP contribution in [0, 0.1) is 23.2 Å². The van der Waals surface area contributed by atoms with Gasteiger partial charge in [-0.1, -0.05) is 23.7 Å². The molecule has 0 saturated heterocycles. The summed E-state index contributed by atoms with van der Waals surface area (Å²) in [4.78, 5) is 21.7. The molecule has 0 spiro atoms. The highest BCUT2D eigenvalue weighted by Crippen LogP contribution is 2.61. The molecule has 136 valence electrons. The Morgan fingerprint density at radius 1 is 1.08 bits per heavy atom. The summed E-state index contributed by atoms with van der Waals surface area (Å²) < 4.78 is 0. The van der Waals surface area contributed by atoms with E-state index in [1.165, 1.54) is 38.5 Å². The normalized spacial score (nSPS) is 33.4. The number of fused-ring (bicyclic) bond motifs is 1. The van der Waals surface area contributed by atoms with E-state index in [0.717, 1.165) is 17.8 Å². The second kappa shape index (κ2) is 5.91. The summed E-state index contributed by atoms with van der Waals surface area (Å²) in [6.45, 7) is 2.17. The number of carbonyl (C=O) groups is 1. The van der Waals surface area contributed by atoms with Crippen LogP contribution in [0.1, 0.15) is 55.9 Å². The van der Waals surface area contributed by atoms with Gasteiger partial charge in [-0.3, -0.25) is 4.79 Å². The quantitative estimate of drug-likeness (QED) is 0.858. The van der Waals surface area contributed by atoms with Crippen molar-refractivity contribution in [3.63, 3.8) is 0 Å². The zero-order valence-electron chi connectivity index (χ0n) is 15.0. The molecule has 1 atom stereocenters. The predicted octanol–water partition coefficient (Wildman–Crippen LogP) is 4.62. The average Bonchev–Trinajstić information content (AvgIpc) is 2.59. The van der Waals surface area contributed by atoms with Crippen molar-refractivity contribution in [2.75, 3.05) is 0 Å². The Hall–Kier alpha value is -1.68. The Balaban J connectivity index is 1.39. The maximum atomic E-state index is 12.9. The number of amides is 1. The molecule has 2 aromatic rings. The van der Waals surface area contributed by atoms with Gasteiger partial charge >= 0.3 is 0 Å². The van der Waals surface area contributed by atoms with Crippen LogP contribution in [0.25, 0.3) is 11.0 Å². The van der Waals surface area contributed by atoms with E-state index < -0.39 is 0 Å². The fourth-order valence-corrected chi connectivity index (χ4v) is 6.47. The molecular weight excluding hydrogens is 346 g/mol. The van der Waals surface area contributed by atoms with Crippen LogP contribution < -0.4 is 5.32 Å². The number of para-hydroxylation sites is 2. The van der Waals surface area contributed by atoms with Crippen LogP contribution in [0.4, 0.5) is 0 Å². The van der Waals surface area contributed by atoms with Crippen LogP contribution in [0.15, 0.2) is 24.3 Å². The number of halogens is 1. The molecule has 4 fully saturated rings. The number of aromatic nitrogens is 2. The van der Waals surface area contributed by atoms with Gasteiger partial charge in [-0.2, -0.15) is 0 Å². The van der Waals surface area contributed by atoms with Crippen LogP contribution in [0.3, 0.4) is 0 Å². The van der Waals surface area contributed by atoms with E-state index in [-0.39, 0.29) is 28.2 Å². The van der Waals surface area contributed by atoms with Crippen molar-refractivity contribution in [3.8, 4) is 0 Å². The molecule has 4 saturated carbocycles. The van der Waals surface area contributed by atoms with E-state index in [0.29, 0.717) is 11.0 Å². The van der Waals surface area contributed by atoms with E-state index in [1.54, 1.807) is 0 Å². The number of nitrogens with zero attached hydrogens (tertiary/aromatic N) is 2. The molecular formula is C21H24ClN3O. The third-order valence-electron chi connectivity index (χ3n) is 7.09. The molecule has 4 nitrogen and oxygen atoms in total. The lowest BCUT2D eigenvalue weighted by atomic mass is 9.48. The van der Waals surface area contributed by atoms with Crippen molar-refractivity contribution in [1.82, 2.24) is 15.3 Å². The van der Waals surface area contributed by atoms with Crippen molar-refractivity contribution in [2.45, 2.75) is 51.5 Å². The molecule has 0 radical (unpaired) electrons. The van der Waals surface area contributed by atoms with Gasteiger partial charge in [0.05, 0.1) is 11.0 Å².